The molecule has 0 amide bonds. The maximum Gasteiger partial charge on any atom is 0.325 e. The second-order valence-electron chi connectivity index (χ2n) is 3.87. The Morgan fingerprint density at radius 2 is 2.29 bits per heavy atom. The van der Waals surface area contributed by atoms with E-state index < -0.39 is 16.0 Å². The molecule has 1 fully saturated rings. The van der Waals surface area contributed by atoms with E-state index in [0.717, 1.165) is 4.68 Å². The number of carboxylic acid groups (broad SMARTS) is 1. The van der Waals surface area contributed by atoms with Crippen LogP contribution in [0.1, 0.15) is 18.5 Å². The summed E-state index contributed by atoms with van der Waals surface area (Å²) in [6.45, 7) is -0.249. The van der Waals surface area contributed by atoms with Crippen molar-refractivity contribution in [2.75, 3.05) is 0 Å². The lowest BCUT2D eigenvalue weighted by Gasteiger charge is -2.01. The lowest BCUT2D eigenvalue weighted by Crippen LogP contribution is -2.26. The Hall–Kier alpha value is -1.48. The lowest BCUT2D eigenvalue weighted by molar-refractivity contribution is -0.137. The highest BCUT2D eigenvalue weighted by atomic mass is 32.2. The number of rotatable bonds is 6. The third-order valence-corrected chi connectivity index (χ3v) is 4.20. The van der Waals surface area contributed by atoms with Crippen molar-refractivity contribution in [3.8, 4) is 0 Å². The Morgan fingerprint density at radius 1 is 1.59 bits per heavy atom. The van der Waals surface area contributed by atoms with Gasteiger partial charge in [0.1, 0.15) is 6.54 Å². The average molecular weight is 260 g/mol. The molecular formula is C8H12N4O4S. The third-order valence-electron chi connectivity index (χ3n) is 2.30. The first-order valence-electron chi connectivity index (χ1n) is 5.06. The van der Waals surface area contributed by atoms with Crippen LogP contribution >= 0.6 is 0 Å². The highest BCUT2D eigenvalue weighted by molar-refractivity contribution is 7.90. The Bertz CT molecular complexity index is 519. The van der Waals surface area contributed by atoms with E-state index in [9.17, 15) is 13.2 Å². The van der Waals surface area contributed by atoms with Gasteiger partial charge < -0.3 is 5.11 Å². The molecule has 2 N–H and O–H groups in total. The summed E-state index contributed by atoms with van der Waals surface area (Å²) in [5, 5.41) is 15.5. The fourth-order valence-electron chi connectivity index (χ4n) is 1.31. The van der Waals surface area contributed by atoms with Gasteiger partial charge in [0, 0.05) is 0 Å². The van der Waals surface area contributed by atoms with Gasteiger partial charge in [-0.05, 0) is 12.8 Å². The fraction of sp³-hybridized carbons (Fsp3) is 0.625. The van der Waals surface area contributed by atoms with Crippen LogP contribution in [0.5, 0.6) is 0 Å². The number of nitrogens with zero attached hydrogens (tertiary/aromatic N) is 3. The molecule has 1 saturated carbocycles. The van der Waals surface area contributed by atoms with Crippen molar-refractivity contribution in [3.63, 3.8) is 0 Å². The molecule has 0 unspecified atom stereocenters. The van der Waals surface area contributed by atoms with Gasteiger partial charge in [0.25, 0.3) is 0 Å². The Labute approximate surface area is 97.7 Å². The molecule has 0 saturated heterocycles. The van der Waals surface area contributed by atoms with Crippen LogP contribution in [0.15, 0.2) is 6.20 Å². The average Bonchev–Trinajstić information content (AvgIpc) is 2.99. The Balaban J connectivity index is 1.91. The van der Waals surface area contributed by atoms with Gasteiger partial charge >= 0.3 is 5.97 Å². The van der Waals surface area contributed by atoms with Crippen LogP contribution < -0.4 is 4.72 Å². The van der Waals surface area contributed by atoms with Crippen molar-refractivity contribution < 1.29 is 18.3 Å². The number of hydrogen-bond donors (Lipinski definition) is 2. The van der Waals surface area contributed by atoms with Crippen LogP contribution in [0, 0.1) is 0 Å². The Kier molecular flexibility index (Phi) is 3.11. The molecule has 0 radical (unpaired) electrons. The molecule has 9 heteroatoms. The first-order chi connectivity index (χ1) is 7.97. The number of carbonyl (C=O) groups is 1. The Morgan fingerprint density at radius 3 is 2.88 bits per heavy atom. The number of aromatic nitrogens is 3. The largest absolute Gasteiger partial charge is 0.480 e. The molecule has 1 aliphatic rings. The van der Waals surface area contributed by atoms with E-state index in [2.05, 4.69) is 15.0 Å². The van der Waals surface area contributed by atoms with Crippen LogP contribution in [0.25, 0.3) is 0 Å². The van der Waals surface area contributed by atoms with Gasteiger partial charge in [-0.15, -0.1) is 5.10 Å². The monoisotopic (exact) mass is 260 g/mol. The predicted molar refractivity (Wildman–Crippen MR) is 56.4 cm³/mol. The summed E-state index contributed by atoms with van der Waals surface area (Å²) in [7, 11) is -3.24. The summed E-state index contributed by atoms with van der Waals surface area (Å²) in [4.78, 5) is 10.4. The fourth-order valence-corrected chi connectivity index (χ4v) is 2.65. The molecule has 0 atom stereocenters. The zero-order valence-electron chi connectivity index (χ0n) is 8.90. The van der Waals surface area contributed by atoms with Gasteiger partial charge in [-0.2, -0.15) is 0 Å². The molecule has 1 aliphatic carbocycles. The minimum absolute atomic E-state index is 0.0401. The molecule has 0 aromatic carbocycles. The molecule has 0 spiro atoms. The van der Waals surface area contributed by atoms with Crippen LogP contribution in [-0.2, 0) is 27.9 Å². The molecule has 1 heterocycles. The summed E-state index contributed by atoms with van der Waals surface area (Å²) in [5.74, 6) is -1.03. The van der Waals surface area contributed by atoms with Gasteiger partial charge in [0.15, 0.2) is 0 Å². The minimum atomic E-state index is -3.24. The van der Waals surface area contributed by atoms with Crippen molar-refractivity contribution in [3.05, 3.63) is 11.9 Å². The van der Waals surface area contributed by atoms with Crippen LogP contribution in [0.2, 0.25) is 0 Å². The maximum atomic E-state index is 11.5. The molecule has 2 rings (SSSR count). The summed E-state index contributed by atoms with van der Waals surface area (Å²) < 4.78 is 26.5. The second-order valence-corrected chi connectivity index (χ2v) is 5.91. The zero-order valence-corrected chi connectivity index (χ0v) is 9.72. The molecule has 17 heavy (non-hydrogen) atoms. The zero-order chi connectivity index (χ0) is 12.5. The molecule has 1 aromatic rings. The van der Waals surface area contributed by atoms with Gasteiger partial charge in [-0.3, -0.25) is 4.79 Å². The van der Waals surface area contributed by atoms with Crippen LogP contribution in [0.4, 0.5) is 0 Å². The van der Waals surface area contributed by atoms with Crippen molar-refractivity contribution in [2.45, 2.75) is 31.2 Å². The first kappa shape index (κ1) is 12.0. The van der Waals surface area contributed by atoms with Crippen molar-refractivity contribution >= 4 is 16.0 Å². The number of sulfonamides is 1. The van der Waals surface area contributed by atoms with Crippen molar-refractivity contribution in [2.24, 2.45) is 0 Å². The molecule has 0 aliphatic heterocycles. The first-order valence-corrected chi connectivity index (χ1v) is 6.61. The molecule has 8 nitrogen and oxygen atoms in total. The number of aliphatic carboxylic acids is 1. The maximum absolute atomic E-state index is 11.5. The van der Waals surface area contributed by atoms with Crippen molar-refractivity contribution in [1.82, 2.24) is 19.7 Å². The minimum Gasteiger partial charge on any atom is -0.480 e. The summed E-state index contributed by atoms with van der Waals surface area (Å²) in [6.07, 6.45) is 2.80. The highest BCUT2D eigenvalue weighted by Crippen LogP contribution is 2.27. The second kappa shape index (κ2) is 4.41. The standard InChI is InChI=1S/C8H12N4O4S/c13-8(14)5-12-4-6(10-11-12)3-9-17(15,16)7-1-2-7/h4,7,9H,1-3,5H2,(H,13,14). The normalized spacial score (nSPS) is 16.0. The molecule has 94 valence electrons. The predicted octanol–water partition coefficient (Wildman–Crippen LogP) is -1.06. The van der Waals surface area contributed by atoms with E-state index >= 15 is 0 Å². The van der Waals surface area contributed by atoms with Gasteiger partial charge in [0.05, 0.1) is 23.7 Å². The molecule has 0 bridgehead atoms. The van der Waals surface area contributed by atoms with Gasteiger partial charge in [0.2, 0.25) is 10.0 Å². The van der Waals surface area contributed by atoms with Crippen molar-refractivity contribution in [1.29, 1.82) is 0 Å². The lowest BCUT2D eigenvalue weighted by atomic mass is 10.5. The van der Waals surface area contributed by atoms with E-state index in [4.69, 9.17) is 5.11 Å². The third kappa shape index (κ3) is 3.24. The van der Waals surface area contributed by atoms with E-state index in [0.29, 0.717) is 18.5 Å². The highest BCUT2D eigenvalue weighted by Gasteiger charge is 2.35. The summed E-state index contributed by atoms with van der Waals surface area (Å²) in [6, 6.07) is 0. The topological polar surface area (TPSA) is 114 Å². The quantitative estimate of drug-likeness (QED) is 0.674. The molecule has 1 aromatic heterocycles. The van der Waals surface area contributed by atoms with E-state index in [1.165, 1.54) is 6.20 Å². The smallest absolute Gasteiger partial charge is 0.325 e. The summed E-state index contributed by atoms with van der Waals surface area (Å²) in [5.41, 5.74) is 0.399. The van der Waals surface area contributed by atoms with Crippen LogP contribution in [-0.4, -0.2) is 39.7 Å². The van der Waals surface area contributed by atoms with E-state index in [-0.39, 0.29) is 18.3 Å². The number of carboxylic acids is 1. The SMILES string of the molecule is O=C(O)Cn1cc(CNS(=O)(=O)C2CC2)nn1. The number of hydrogen-bond acceptors (Lipinski definition) is 5. The van der Waals surface area contributed by atoms with Gasteiger partial charge in [-0.25, -0.2) is 17.8 Å². The summed E-state index contributed by atoms with van der Waals surface area (Å²) >= 11 is 0. The molecular weight excluding hydrogens is 248 g/mol. The van der Waals surface area contributed by atoms with E-state index in [1.807, 2.05) is 0 Å². The van der Waals surface area contributed by atoms with Gasteiger partial charge in [-0.1, -0.05) is 5.21 Å². The number of nitrogens with one attached hydrogen (secondary N) is 1. The van der Waals surface area contributed by atoms with Crippen LogP contribution in [0.3, 0.4) is 0 Å². The van der Waals surface area contributed by atoms with E-state index in [1.54, 1.807) is 0 Å².